The zero-order valence-corrected chi connectivity index (χ0v) is 12.2. The van der Waals surface area contributed by atoms with Crippen LogP contribution in [0.5, 0.6) is 0 Å². The molecule has 2 heteroatoms. The lowest BCUT2D eigenvalue weighted by Gasteiger charge is -2.20. The molecular formula is C13H25IO. The second-order valence-corrected chi connectivity index (χ2v) is 6.22. The van der Waals surface area contributed by atoms with E-state index in [4.69, 9.17) is 4.74 Å². The third-order valence-electron chi connectivity index (χ3n) is 3.20. The predicted molar refractivity (Wildman–Crippen MR) is 74.8 cm³/mol. The first-order chi connectivity index (χ1) is 7.34. The van der Waals surface area contributed by atoms with E-state index in [1.807, 2.05) is 0 Å². The molecule has 0 spiro atoms. The molecule has 0 heterocycles. The number of unbranched alkanes of at least 4 members (excludes halogenated alkanes) is 3. The van der Waals surface area contributed by atoms with Gasteiger partial charge in [-0.1, -0.05) is 68.0 Å². The van der Waals surface area contributed by atoms with Crippen molar-refractivity contribution < 1.29 is 4.74 Å². The van der Waals surface area contributed by atoms with Gasteiger partial charge < -0.3 is 4.74 Å². The number of halogens is 1. The minimum Gasteiger partial charge on any atom is -0.377 e. The Hall–Kier alpha value is 0.690. The van der Waals surface area contributed by atoms with E-state index < -0.39 is 0 Å². The van der Waals surface area contributed by atoms with Gasteiger partial charge in [0.1, 0.15) is 0 Å². The molecule has 0 aliphatic heterocycles. The van der Waals surface area contributed by atoms with Crippen LogP contribution in [0.25, 0.3) is 0 Å². The summed E-state index contributed by atoms with van der Waals surface area (Å²) in [6.45, 7) is 3.25. The van der Waals surface area contributed by atoms with E-state index in [9.17, 15) is 0 Å². The number of hydrogen-bond donors (Lipinski definition) is 0. The number of alkyl halides is 1. The molecule has 2 unspecified atom stereocenters. The van der Waals surface area contributed by atoms with Crippen LogP contribution >= 0.6 is 22.6 Å². The fourth-order valence-electron chi connectivity index (χ4n) is 2.18. The van der Waals surface area contributed by atoms with Crippen molar-refractivity contribution in [1.29, 1.82) is 0 Å². The summed E-state index contributed by atoms with van der Waals surface area (Å²) in [5.41, 5.74) is 0. The van der Waals surface area contributed by atoms with Crippen LogP contribution in [0.3, 0.4) is 0 Å². The van der Waals surface area contributed by atoms with Crippen molar-refractivity contribution >= 4 is 22.6 Å². The highest BCUT2D eigenvalue weighted by Gasteiger charge is 2.21. The predicted octanol–water partition coefficient (Wildman–Crippen LogP) is 4.72. The maximum Gasteiger partial charge on any atom is 0.0692 e. The number of hydrogen-bond acceptors (Lipinski definition) is 1. The van der Waals surface area contributed by atoms with Crippen LogP contribution in [-0.4, -0.2) is 16.6 Å². The van der Waals surface area contributed by atoms with Gasteiger partial charge in [0.2, 0.25) is 0 Å². The number of ether oxygens (including phenoxy) is 1. The highest BCUT2D eigenvalue weighted by molar-refractivity contribution is 14.1. The summed E-state index contributed by atoms with van der Waals surface area (Å²) in [5, 5.41) is 0. The molecule has 1 saturated carbocycles. The quantitative estimate of drug-likeness (QED) is 0.297. The van der Waals surface area contributed by atoms with Crippen molar-refractivity contribution in [1.82, 2.24) is 0 Å². The van der Waals surface area contributed by atoms with Crippen molar-refractivity contribution in [2.45, 2.75) is 74.7 Å². The highest BCUT2D eigenvalue weighted by Crippen LogP contribution is 2.26. The van der Waals surface area contributed by atoms with Crippen LogP contribution in [0.2, 0.25) is 0 Å². The Morgan fingerprint density at radius 1 is 1.07 bits per heavy atom. The summed E-state index contributed by atoms with van der Waals surface area (Å²) in [6.07, 6.45) is 12.7. The molecule has 0 N–H and O–H groups in total. The molecule has 2 atom stereocenters. The second kappa shape index (κ2) is 8.80. The average Bonchev–Trinajstić information content (AvgIpc) is 2.44. The standard InChI is InChI=1S/C13H25IO/c1-2-3-4-8-11-15-13-10-7-5-6-9-12(13)14/h12-13H,2-11H2,1H3. The van der Waals surface area contributed by atoms with Gasteiger partial charge in [0.25, 0.3) is 0 Å². The molecule has 1 rings (SSSR count). The zero-order chi connectivity index (χ0) is 10.9. The molecule has 1 fully saturated rings. The smallest absolute Gasteiger partial charge is 0.0692 e. The van der Waals surface area contributed by atoms with Crippen LogP contribution in [0.4, 0.5) is 0 Å². The minimum atomic E-state index is 0.551. The van der Waals surface area contributed by atoms with Gasteiger partial charge in [-0.2, -0.15) is 0 Å². The molecule has 0 aromatic heterocycles. The topological polar surface area (TPSA) is 9.23 Å². The van der Waals surface area contributed by atoms with E-state index in [1.54, 1.807) is 0 Å². The summed E-state index contributed by atoms with van der Waals surface area (Å²) >= 11 is 2.59. The molecule has 90 valence electrons. The van der Waals surface area contributed by atoms with Gasteiger partial charge in [0, 0.05) is 10.5 Å². The third-order valence-corrected chi connectivity index (χ3v) is 4.63. The van der Waals surface area contributed by atoms with E-state index in [2.05, 4.69) is 29.5 Å². The molecule has 0 radical (unpaired) electrons. The molecule has 0 bridgehead atoms. The van der Waals surface area contributed by atoms with Crippen LogP contribution < -0.4 is 0 Å². The van der Waals surface area contributed by atoms with Gasteiger partial charge >= 0.3 is 0 Å². The van der Waals surface area contributed by atoms with Gasteiger partial charge in [-0.3, -0.25) is 0 Å². The monoisotopic (exact) mass is 324 g/mol. The van der Waals surface area contributed by atoms with Crippen molar-refractivity contribution in [3.63, 3.8) is 0 Å². The molecule has 1 nitrogen and oxygen atoms in total. The first-order valence-corrected chi connectivity index (χ1v) is 7.85. The Bertz CT molecular complexity index is 149. The highest BCUT2D eigenvalue weighted by atomic mass is 127. The molecule has 0 saturated heterocycles. The Labute approximate surface area is 108 Å². The Kier molecular flexibility index (Phi) is 8.07. The zero-order valence-electron chi connectivity index (χ0n) is 10.0. The fraction of sp³-hybridized carbons (Fsp3) is 1.00. The Balaban J connectivity index is 2.07. The van der Waals surface area contributed by atoms with Crippen LogP contribution in [-0.2, 0) is 4.74 Å². The molecule has 15 heavy (non-hydrogen) atoms. The van der Waals surface area contributed by atoms with Crippen molar-refractivity contribution in [3.05, 3.63) is 0 Å². The SMILES string of the molecule is CCCCCCOC1CCCCCC1I. The average molecular weight is 324 g/mol. The third kappa shape index (κ3) is 6.10. The molecular weight excluding hydrogens is 299 g/mol. The van der Waals surface area contributed by atoms with Crippen LogP contribution in [0, 0.1) is 0 Å². The lowest BCUT2D eigenvalue weighted by Crippen LogP contribution is -2.23. The lowest BCUT2D eigenvalue weighted by molar-refractivity contribution is 0.0476. The van der Waals surface area contributed by atoms with E-state index in [0.29, 0.717) is 6.10 Å². The summed E-state index contributed by atoms with van der Waals surface area (Å²) in [4.78, 5) is 0. The summed E-state index contributed by atoms with van der Waals surface area (Å²) < 4.78 is 6.77. The molecule has 0 amide bonds. The maximum absolute atomic E-state index is 6.01. The van der Waals surface area contributed by atoms with Crippen LogP contribution in [0.15, 0.2) is 0 Å². The van der Waals surface area contributed by atoms with Gasteiger partial charge in [-0.15, -0.1) is 0 Å². The van der Waals surface area contributed by atoms with Crippen molar-refractivity contribution in [2.75, 3.05) is 6.61 Å². The number of rotatable bonds is 6. The Morgan fingerprint density at radius 2 is 1.87 bits per heavy atom. The van der Waals surface area contributed by atoms with E-state index >= 15 is 0 Å². The lowest BCUT2D eigenvalue weighted by atomic mass is 10.1. The molecule has 1 aliphatic rings. The van der Waals surface area contributed by atoms with E-state index in [1.165, 1.54) is 57.8 Å². The minimum absolute atomic E-state index is 0.551. The van der Waals surface area contributed by atoms with Gasteiger partial charge in [0.05, 0.1) is 6.10 Å². The summed E-state index contributed by atoms with van der Waals surface area (Å²) in [6, 6.07) is 0. The largest absolute Gasteiger partial charge is 0.377 e. The Morgan fingerprint density at radius 3 is 2.67 bits per heavy atom. The van der Waals surface area contributed by atoms with E-state index in [-0.39, 0.29) is 0 Å². The summed E-state index contributed by atoms with van der Waals surface area (Å²) in [5.74, 6) is 0. The molecule has 0 aromatic rings. The van der Waals surface area contributed by atoms with Gasteiger partial charge in [-0.05, 0) is 19.3 Å². The molecule has 0 aromatic carbocycles. The van der Waals surface area contributed by atoms with Gasteiger partial charge in [0.15, 0.2) is 0 Å². The normalized spacial score (nSPS) is 27.6. The second-order valence-electron chi connectivity index (χ2n) is 4.62. The van der Waals surface area contributed by atoms with Crippen molar-refractivity contribution in [3.8, 4) is 0 Å². The molecule has 1 aliphatic carbocycles. The first-order valence-electron chi connectivity index (χ1n) is 6.60. The first kappa shape index (κ1) is 13.8. The fourth-order valence-corrected chi connectivity index (χ4v) is 3.19. The van der Waals surface area contributed by atoms with Crippen LogP contribution in [0.1, 0.15) is 64.7 Å². The summed E-state index contributed by atoms with van der Waals surface area (Å²) in [7, 11) is 0. The van der Waals surface area contributed by atoms with E-state index in [0.717, 1.165) is 10.5 Å². The van der Waals surface area contributed by atoms with Crippen molar-refractivity contribution in [2.24, 2.45) is 0 Å². The van der Waals surface area contributed by atoms with Gasteiger partial charge in [-0.25, -0.2) is 0 Å². The maximum atomic E-state index is 6.01.